The molecule has 0 spiro atoms. The van der Waals surface area contributed by atoms with Gasteiger partial charge in [-0.3, -0.25) is 14.9 Å². The molecule has 4 atom stereocenters. The van der Waals surface area contributed by atoms with Gasteiger partial charge in [0.1, 0.15) is 0 Å². The minimum Gasteiger partial charge on any atom is -0.464 e. The highest BCUT2D eigenvalue weighted by Gasteiger charge is 2.69. The predicted octanol–water partition coefficient (Wildman–Crippen LogP) is 3.97. The van der Waals surface area contributed by atoms with Gasteiger partial charge in [0.25, 0.3) is 0 Å². The van der Waals surface area contributed by atoms with Crippen LogP contribution in [-0.2, 0) is 24.7 Å². The highest BCUT2D eigenvalue weighted by molar-refractivity contribution is 6.24. The van der Waals surface area contributed by atoms with E-state index in [0.29, 0.717) is 11.3 Å². The number of fused-ring (bicyclic) bond motifs is 1. The number of esters is 1. The van der Waals surface area contributed by atoms with Gasteiger partial charge in [0, 0.05) is 25.8 Å². The van der Waals surface area contributed by atoms with Crippen molar-refractivity contribution in [3.63, 3.8) is 0 Å². The molecule has 1 N–H and O–H groups in total. The Morgan fingerprint density at radius 1 is 0.946 bits per heavy atom. The van der Waals surface area contributed by atoms with E-state index in [1.165, 1.54) is 4.90 Å². The average molecular weight is 498 g/mol. The topological polar surface area (TPSA) is 79.0 Å². The summed E-state index contributed by atoms with van der Waals surface area (Å²) >= 11 is 0. The molecular weight excluding hydrogens is 466 g/mol. The Morgan fingerprint density at radius 2 is 1.59 bits per heavy atom. The van der Waals surface area contributed by atoms with E-state index in [2.05, 4.69) is 5.32 Å². The van der Waals surface area contributed by atoms with Crippen LogP contribution in [0.4, 0.5) is 11.4 Å². The van der Waals surface area contributed by atoms with Crippen molar-refractivity contribution in [3.8, 4) is 0 Å². The van der Waals surface area contributed by atoms with Gasteiger partial charge in [-0.25, -0.2) is 9.69 Å². The van der Waals surface area contributed by atoms with Crippen molar-refractivity contribution in [3.05, 3.63) is 95.6 Å². The fourth-order valence-corrected chi connectivity index (χ4v) is 5.64. The molecule has 2 heterocycles. The van der Waals surface area contributed by atoms with Crippen molar-refractivity contribution in [2.75, 3.05) is 30.5 Å². The maximum atomic E-state index is 14.2. The molecule has 0 bridgehead atoms. The number of carbonyl (C=O) groups is 3. The maximum absolute atomic E-state index is 14.2. The van der Waals surface area contributed by atoms with Gasteiger partial charge in [0.15, 0.2) is 5.54 Å². The summed E-state index contributed by atoms with van der Waals surface area (Å²) in [6.07, 6.45) is 0. The first-order valence-corrected chi connectivity index (χ1v) is 12.5. The molecule has 0 aromatic heterocycles. The molecule has 2 aliphatic heterocycles. The number of aryl methyl sites for hydroxylation is 1. The molecule has 5 rings (SSSR count). The largest absolute Gasteiger partial charge is 0.464 e. The standard InChI is InChI=1S/C30H31N3O4/c1-5-37-29(36)30(21-9-7-6-8-10-21)25-24(26(31-30)20-13-17-22(18-14-20)32(3)4)27(34)33(28(25)35)23-15-11-19(2)12-16-23/h6-18,24-26,31H,5H2,1-4H3/t24-,25+,26-,30+/m0/s1. The Morgan fingerprint density at radius 3 is 2.19 bits per heavy atom. The number of carbonyl (C=O) groups excluding carboxylic acids is 3. The fourth-order valence-electron chi connectivity index (χ4n) is 5.64. The lowest BCUT2D eigenvalue weighted by molar-refractivity contribution is -0.155. The number of nitrogens with zero attached hydrogens (tertiary/aromatic N) is 2. The number of benzene rings is 3. The van der Waals surface area contributed by atoms with E-state index in [1.54, 1.807) is 19.1 Å². The second kappa shape index (κ2) is 9.48. The Hall–Kier alpha value is -3.97. The number of hydrogen-bond acceptors (Lipinski definition) is 6. The quantitative estimate of drug-likeness (QED) is 0.410. The first kappa shape index (κ1) is 24.7. The molecule has 37 heavy (non-hydrogen) atoms. The third kappa shape index (κ3) is 3.90. The van der Waals surface area contributed by atoms with Crippen molar-refractivity contribution in [1.82, 2.24) is 5.32 Å². The minimum atomic E-state index is -1.51. The van der Waals surface area contributed by atoms with E-state index in [0.717, 1.165) is 16.8 Å². The van der Waals surface area contributed by atoms with Crippen molar-refractivity contribution in [2.24, 2.45) is 11.8 Å². The van der Waals surface area contributed by atoms with Gasteiger partial charge in [-0.1, -0.05) is 60.2 Å². The Kier molecular flexibility index (Phi) is 6.33. The minimum absolute atomic E-state index is 0.151. The number of imide groups is 1. The van der Waals surface area contributed by atoms with Crippen LogP contribution in [0.1, 0.15) is 29.7 Å². The van der Waals surface area contributed by atoms with E-state index in [-0.39, 0.29) is 12.5 Å². The van der Waals surface area contributed by atoms with Crippen molar-refractivity contribution in [2.45, 2.75) is 25.4 Å². The van der Waals surface area contributed by atoms with E-state index in [9.17, 15) is 14.4 Å². The van der Waals surface area contributed by atoms with Crippen LogP contribution in [0.5, 0.6) is 0 Å². The summed E-state index contributed by atoms with van der Waals surface area (Å²) in [6.45, 7) is 3.84. The lowest BCUT2D eigenvalue weighted by Gasteiger charge is -2.33. The third-order valence-electron chi connectivity index (χ3n) is 7.45. The number of amides is 2. The van der Waals surface area contributed by atoms with Crippen LogP contribution < -0.4 is 15.1 Å². The molecule has 7 heteroatoms. The molecular formula is C30H31N3O4. The Bertz CT molecular complexity index is 1320. The molecule has 0 saturated carbocycles. The van der Waals surface area contributed by atoms with Crippen LogP contribution in [0.2, 0.25) is 0 Å². The van der Waals surface area contributed by atoms with Gasteiger partial charge >= 0.3 is 5.97 Å². The number of ether oxygens (including phenoxy) is 1. The third-order valence-corrected chi connectivity index (χ3v) is 7.45. The molecule has 7 nitrogen and oxygen atoms in total. The van der Waals surface area contributed by atoms with E-state index < -0.39 is 35.3 Å². The summed E-state index contributed by atoms with van der Waals surface area (Å²) in [5.41, 5.74) is 2.45. The zero-order valence-corrected chi connectivity index (χ0v) is 21.5. The molecule has 2 amide bonds. The first-order valence-electron chi connectivity index (χ1n) is 12.5. The molecule has 0 radical (unpaired) electrons. The van der Waals surface area contributed by atoms with Crippen molar-refractivity contribution < 1.29 is 19.1 Å². The lowest BCUT2D eigenvalue weighted by Crippen LogP contribution is -2.54. The summed E-state index contributed by atoms with van der Waals surface area (Å²) < 4.78 is 5.58. The number of rotatable bonds is 6. The van der Waals surface area contributed by atoms with Crippen LogP contribution in [0.15, 0.2) is 78.9 Å². The molecule has 2 saturated heterocycles. The van der Waals surface area contributed by atoms with E-state index in [1.807, 2.05) is 92.6 Å². The van der Waals surface area contributed by atoms with Gasteiger partial charge < -0.3 is 9.64 Å². The van der Waals surface area contributed by atoms with Crippen LogP contribution in [0, 0.1) is 18.8 Å². The second-order valence-corrected chi connectivity index (χ2v) is 9.85. The first-order chi connectivity index (χ1) is 17.8. The zero-order valence-electron chi connectivity index (χ0n) is 21.5. The molecule has 2 aliphatic rings. The Labute approximate surface area is 217 Å². The zero-order chi connectivity index (χ0) is 26.3. The van der Waals surface area contributed by atoms with Crippen LogP contribution in [0.25, 0.3) is 0 Å². The van der Waals surface area contributed by atoms with Crippen LogP contribution in [-0.4, -0.2) is 38.5 Å². The summed E-state index contributed by atoms with van der Waals surface area (Å²) in [5, 5.41) is 3.46. The molecule has 3 aromatic carbocycles. The molecule has 190 valence electrons. The van der Waals surface area contributed by atoms with Crippen molar-refractivity contribution >= 4 is 29.2 Å². The van der Waals surface area contributed by atoms with Gasteiger partial charge in [-0.15, -0.1) is 0 Å². The second-order valence-electron chi connectivity index (χ2n) is 9.85. The normalized spacial score (nSPS) is 24.8. The van der Waals surface area contributed by atoms with E-state index >= 15 is 0 Å². The lowest BCUT2D eigenvalue weighted by atomic mass is 9.75. The number of anilines is 2. The summed E-state index contributed by atoms with van der Waals surface area (Å²) in [4.78, 5) is 45.2. The summed E-state index contributed by atoms with van der Waals surface area (Å²) in [7, 11) is 3.91. The SMILES string of the molecule is CCOC(=O)[C@]1(c2ccccc2)N[C@@H](c2ccc(N(C)C)cc2)[C@H]2C(=O)N(c3ccc(C)cc3)C(=O)[C@@H]21. The summed E-state index contributed by atoms with van der Waals surface area (Å²) in [6, 6.07) is 23.7. The molecule has 0 unspecified atom stereocenters. The van der Waals surface area contributed by atoms with Gasteiger partial charge in [-0.05, 0) is 49.2 Å². The summed E-state index contributed by atoms with van der Waals surface area (Å²) in [5.74, 6) is -3.05. The highest BCUT2D eigenvalue weighted by atomic mass is 16.5. The van der Waals surface area contributed by atoms with E-state index in [4.69, 9.17) is 4.74 Å². The molecule has 3 aromatic rings. The average Bonchev–Trinajstić information content (AvgIpc) is 3.40. The van der Waals surface area contributed by atoms with Gasteiger partial charge in [0.2, 0.25) is 11.8 Å². The number of nitrogens with one attached hydrogen (secondary N) is 1. The maximum Gasteiger partial charge on any atom is 0.331 e. The predicted molar refractivity (Wildman–Crippen MR) is 142 cm³/mol. The smallest absolute Gasteiger partial charge is 0.331 e. The van der Waals surface area contributed by atoms with Gasteiger partial charge in [-0.2, -0.15) is 0 Å². The number of hydrogen-bond donors (Lipinski definition) is 1. The van der Waals surface area contributed by atoms with Crippen LogP contribution >= 0.6 is 0 Å². The monoisotopic (exact) mass is 497 g/mol. The van der Waals surface area contributed by atoms with Gasteiger partial charge in [0.05, 0.1) is 24.1 Å². The Balaban J connectivity index is 1.70. The van der Waals surface area contributed by atoms with Crippen LogP contribution in [0.3, 0.4) is 0 Å². The van der Waals surface area contributed by atoms with Crippen molar-refractivity contribution in [1.29, 1.82) is 0 Å². The molecule has 2 fully saturated rings. The highest BCUT2D eigenvalue weighted by Crippen LogP contribution is 2.54. The molecule has 0 aliphatic carbocycles. The fraction of sp³-hybridized carbons (Fsp3) is 0.300.